The first-order valence-corrected chi connectivity index (χ1v) is 5.53. The Morgan fingerprint density at radius 2 is 2.57 bits per heavy atom. The monoisotopic (exact) mass is 211 g/mol. The summed E-state index contributed by atoms with van der Waals surface area (Å²) < 4.78 is 0. The Labute approximate surface area is 86.9 Å². The predicted octanol–water partition coefficient (Wildman–Crippen LogP) is 0.383. The Morgan fingerprint density at radius 1 is 1.71 bits per heavy atom. The van der Waals surface area contributed by atoms with Gasteiger partial charge in [0.05, 0.1) is 13.1 Å². The lowest BCUT2D eigenvalue weighted by Crippen LogP contribution is -2.47. The average Bonchev–Trinajstić information content (AvgIpc) is 2.56. The molecule has 1 amide bonds. The molecule has 0 radical (unpaired) electrons. The van der Waals surface area contributed by atoms with Crippen LogP contribution in [0.25, 0.3) is 0 Å². The molecule has 2 rings (SSSR count). The van der Waals surface area contributed by atoms with Gasteiger partial charge in [-0.1, -0.05) is 0 Å². The molecule has 1 aromatic rings. The van der Waals surface area contributed by atoms with E-state index in [1.165, 1.54) is 0 Å². The van der Waals surface area contributed by atoms with Crippen molar-refractivity contribution in [3.8, 4) is 0 Å². The van der Waals surface area contributed by atoms with Crippen LogP contribution in [0.3, 0.4) is 0 Å². The van der Waals surface area contributed by atoms with Crippen molar-refractivity contribution in [2.24, 2.45) is 0 Å². The molecule has 14 heavy (non-hydrogen) atoms. The molecule has 4 nitrogen and oxygen atoms in total. The van der Waals surface area contributed by atoms with Crippen molar-refractivity contribution in [2.45, 2.75) is 13.5 Å². The summed E-state index contributed by atoms with van der Waals surface area (Å²) in [5.41, 5.74) is 1.03. The molecular weight excluding hydrogens is 198 g/mol. The van der Waals surface area contributed by atoms with Crippen LogP contribution in [0.4, 0.5) is 0 Å². The summed E-state index contributed by atoms with van der Waals surface area (Å²) in [6.07, 6.45) is 0. The number of aromatic nitrogens is 1. The average molecular weight is 211 g/mol. The van der Waals surface area contributed by atoms with Gasteiger partial charge in [-0.2, -0.15) is 0 Å². The first kappa shape index (κ1) is 9.61. The third-order valence-electron chi connectivity index (χ3n) is 2.18. The van der Waals surface area contributed by atoms with Crippen LogP contribution in [0, 0.1) is 6.92 Å². The fourth-order valence-electron chi connectivity index (χ4n) is 1.45. The molecule has 1 N–H and O–H groups in total. The third kappa shape index (κ3) is 2.10. The SMILES string of the molecule is Cc1csc(CN2CCNCC2=O)n1. The van der Waals surface area contributed by atoms with E-state index in [2.05, 4.69) is 10.3 Å². The summed E-state index contributed by atoms with van der Waals surface area (Å²) in [4.78, 5) is 17.6. The topological polar surface area (TPSA) is 45.2 Å². The molecule has 0 unspecified atom stereocenters. The van der Waals surface area contributed by atoms with Gasteiger partial charge in [-0.15, -0.1) is 11.3 Å². The van der Waals surface area contributed by atoms with E-state index in [0.29, 0.717) is 13.1 Å². The van der Waals surface area contributed by atoms with E-state index in [4.69, 9.17) is 0 Å². The minimum Gasteiger partial charge on any atom is -0.334 e. The lowest BCUT2D eigenvalue weighted by Gasteiger charge is -2.26. The molecule has 1 aliphatic heterocycles. The van der Waals surface area contributed by atoms with Gasteiger partial charge in [0.2, 0.25) is 5.91 Å². The van der Waals surface area contributed by atoms with Crippen LogP contribution in [0.2, 0.25) is 0 Å². The van der Waals surface area contributed by atoms with E-state index < -0.39 is 0 Å². The van der Waals surface area contributed by atoms with Crippen LogP contribution in [0.5, 0.6) is 0 Å². The summed E-state index contributed by atoms with van der Waals surface area (Å²) in [7, 11) is 0. The number of piperazine rings is 1. The number of nitrogens with one attached hydrogen (secondary N) is 1. The number of thiazole rings is 1. The number of hydrogen-bond donors (Lipinski definition) is 1. The highest BCUT2D eigenvalue weighted by Gasteiger charge is 2.18. The quantitative estimate of drug-likeness (QED) is 0.769. The summed E-state index contributed by atoms with van der Waals surface area (Å²) in [5, 5.41) is 6.09. The first-order chi connectivity index (χ1) is 6.75. The zero-order valence-electron chi connectivity index (χ0n) is 8.12. The number of rotatable bonds is 2. The number of aryl methyl sites for hydroxylation is 1. The summed E-state index contributed by atoms with van der Waals surface area (Å²) >= 11 is 1.62. The minimum absolute atomic E-state index is 0.170. The van der Waals surface area contributed by atoms with E-state index in [0.717, 1.165) is 23.8 Å². The number of amides is 1. The van der Waals surface area contributed by atoms with Crippen molar-refractivity contribution in [1.82, 2.24) is 15.2 Å². The van der Waals surface area contributed by atoms with Gasteiger partial charge in [-0.25, -0.2) is 4.98 Å². The van der Waals surface area contributed by atoms with Gasteiger partial charge in [0.15, 0.2) is 0 Å². The zero-order valence-corrected chi connectivity index (χ0v) is 8.93. The number of nitrogens with zero attached hydrogens (tertiary/aromatic N) is 2. The van der Waals surface area contributed by atoms with Crippen LogP contribution < -0.4 is 5.32 Å². The Balaban J connectivity index is 1.99. The van der Waals surface area contributed by atoms with Gasteiger partial charge < -0.3 is 10.2 Å². The normalized spacial score (nSPS) is 17.5. The van der Waals surface area contributed by atoms with Gasteiger partial charge in [-0.3, -0.25) is 4.79 Å². The van der Waals surface area contributed by atoms with Crippen molar-refractivity contribution in [1.29, 1.82) is 0 Å². The second kappa shape index (κ2) is 4.06. The second-order valence-electron chi connectivity index (χ2n) is 3.37. The lowest BCUT2D eigenvalue weighted by molar-refractivity contribution is -0.132. The van der Waals surface area contributed by atoms with Crippen molar-refractivity contribution >= 4 is 17.2 Å². The molecule has 5 heteroatoms. The smallest absolute Gasteiger partial charge is 0.236 e. The van der Waals surface area contributed by atoms with Crippen molar-refractivity contribution in [2.75, 3.05) is 19.6 Å². The van der Waals surface area contributed by atoms with Gasteiger partial charge in [-0.05, 0) is 6.92 Å². The molecule has 0 aromatic carbocycles. The fourth-order valence-corrected chi connectivity index (χ4v) is 2.24. The Morgan fingerprint density at radius 3 is 3.21 bits per heavy atom. The maximum atomic E-state index is 11.4. The van der Waals surface area contributed by atoms with Crippen molar-refractivity contribution < 1.29 is 4.79 Å². The molecule has 1 saturated heterocycles. The Hall–Kier alpha value is -0.940. The standard InChI is InChI=1S/C9H13N3OS/c1-7-6-14-8(11-7)5-12-3-2-10-4-9(12)13/h6,10H,2-5H2,1H3. The maximum absolute atomic E-state index is 11.4. The maximum Gasteiger partial charge on any atom is 0.236 e. The highest BCUT2D eigenvalue weighted by molar-refractivity contribution is 7.09. The van der Waals surface area contributed by atoms with Crippen LogP contribution in [0.15, 0.2) is 5.38 Å². The van der Waals surface area contributed by atoms with Crippen LogP contribution >= 0.6 is 11.3 Å². The van der Waals surface area contributed by atoms with Crippen molar-refractivity contribution in [3.63, 3.8) is 0 Å². The molecule has 1 fully saturated rings. The molecule has 1 aliphatic rings. The molecule has 0 spiro atoms. The molecule has 0 saturated carbocycles. The van der Waals surface area contributed by atoms with E-state index in [1.807, 2.05) is 17.2 Å². The van der Waals surface area contributed by atoms with Crippen LogP contribution in [0.1, 0.15) is 10.7 Å². The summed E-state index contributed by atoms with van der Waals surface area (Å²) in [5.74, 6) is 0.170. The van der Waals surface area contributed by atoms with Gasteiger partial charge in [0.1, 0.15) is 5.01 Å². The number of hydrogen-bond acceptors (Lipinski definition) is 4. The Bertz CT molecular complexity index is 337. The molecular formula is C9H13N3OS. The molecule has 76 valence electrons. The van der Waals surface area contributed by atoms with Gasteiger partial charge in [0, 0.05) is 24.2 Å². The number of carbonyl (C=O) groups is 1. The minimum atomic E-state index is 0.170. The van der Waals surface area contributed by atoms with E-state index in [-0.39, 0.29) is 5.91 Å². The van der Waals surface area contributed by atoms with Crippen LogP contribution in [-0.4, -0.2) is 35.4 Å². The largest absolute Gasteiger partial charge is 0.334 e. The van der Waals surface area contributed by atoms with Gasteiger partial charge >= 0.3 is 0 Å². The highest BCUT2D eigenvalue weighted by Crippen LogP contribution is 2.12. The fraction of sp³-hybridized carbons (Fsp3) is 0.556. The van der Waals surface area contributed by atoms with E-state index >= 15 is 0 Å². The van der Waals surface area contributed by atoms with Crippen molar-refractivity contribution in [3.05, 3.63) is 16.1 Å². The highest BCUT2D eigenvalue weighted by atomic mass is 32.1. The van der Waals surface area contributed by atoms with Crippen LogP contribution in [-0.2, 0) is 11.3 Å². The Kier molecular flexibility index (Phi) is 2.79. The second-order valence-corrected chi connectivity index (χ2v) is 4.32. The molecule has 2 heterocycles. The number of carbonyl (C=O) groups excluding carboxylic acids is 1. The predicted molar refractivity (Wildman–Crippen MR) is 55.1 cm³/mol. The molecule has 0 bridgehead atoms. The summed E-state index contributed by atoms with van der Waals surface area (Å²) in [6.45, 7) is 4.77. The summed E-state index contributed by atoms with van der Waals surface area (Å²) in [6, 6.07) is 0. The van der Waals surface area contributed by atoms with E-state index in [1.54, 1.807) is 11.3 Å². The third-order valence-corrected chi connectivity index (χ3v) is 3.13. The first-order valence-electron chi connectivity index (χ1n) is 4.65. The molecule has 1 aromatic heterocycles. The molecule has 0 aliphatic carbocycles. The van der Waals surface area contributed by atoms with Gasteiger partial charge in [0.25, 0.3) is 0 Å². The molecule has 0 atom stereocenters. The zero-order chi connectivity index (χ0) is 9.97. The van der Waals surface area contributed by atoms with E-state index in [9.17, 15) is 4.79 Å². The lowest BCUT2D eigenvalue weighted by atomic mass is 10.3.